The molecule has 2 N–H and O–H groups in total. The number of thiazole rings is 1. The predicted octanol–water partition coefficient (Wildman–Crippen LogP) is 3.56. The molecule has 0 bridgehead atoms. The van der Waals surface area contributed by atoms with Crippen LogP contribution in [0.5, 0.6) is 0 Å². The summed E-state index contributed by atoms with van der Waals surface area (Å²) in [5.41, 5.74) is 2.56. The first-order valence-corrected chi connectivity index (χ1v) is 8.69. The van der Waals surface area contributed by atoms with Crippen LogP contribution in [0.3, 0.4) is 0 Å². The zero-order valence-electron chi connectivity index (χ0n) is 14.6. The Morgan fingerprint density at radius 1 is 1.21 bits per heavy atom. The molecule has 24 heavy (non-hydrogen) atoms. The molecule has 0 radical (unpaired) electrons. The maximum Gasteiger partial charge on any atom is 0.313 e. The molecule has 5 nitrogen and oxygen atoms in total. The van der Waals surface area contributed by atoms with Crippen molar-refractivity contribution >= 4 is 28.8 Å². The summed E-state index contributed by atoms with van der Waals surface area (Å²) < 4.78 is 0. The van der Waals surface area contributed by atoms with Crippen molar-refractivity contribution in [3.63, 3.8) is 0 Å². The van der Waals surface area contributed by atoms with E-state index in [1.54, 1.807) is 6.07 Å². The van der Waals surface area contributed by atoms with Crippen LogP contribution in [0.15, 0.2) is 29.6 Å². The summed E-state index contributed by atoms with van der Waals surface area (Å²) in [4.78, 5) is 28.6. The summed E-state index contributed by atoms with van der Waals surface area (Å²) >= 11 is 1.49. The molecule has 0 unspecified atom stereocenters. The van der Waals surface area contributed by atoms with Crippen molar-refractivity contribution in [2.24, 2.45) is 0 Å². The highest BCUT2D eigenvalue weighted by Gasteiger charge is 2.22. The number of nitrogens with one attached hydrogen (secondary N) is 2. The summed E-state index contributed by atoms with van der Waals surface area (Å²) in [6.07, 6.45) is 0. The Kier molecular flexibility index (Phi) is 5.39. The van der Waals surface area contributed by atoms with Gasteiger partial charge < -0.3 is 10.6 Å². The van der Waals surface area contributed by atoms with Crippen molar-refractivity contribution < 1.29 is 9.59 Å². The zero-order valence-corrected chi connectivity index (χ0v) is 15.5. The summed E-state index contributed by atoms with van der Waals surface area (Å²) in [5, 5.41) is 8.07. The highest BCUT2D eigenvalue weighted by Crippen LogP contribution is 2.26. The molecule has 0 fully saturated rings. The number of carbonyl (C=O) groups is 2. The van der Waals surface area contributed by atoms with Gasteiger partial charge in [0.25, 0.3) is 0 Å². The average Bonchev–Trinajstić information content (AvgIpc) is 2.97. The summed E-state index contributed by atoms with van der Waals surface area (Å²) in [6.45, 7) is 10.0. The quantitative estimate of drug-likeness (QED) is 0.836. The van der Waals surface area contributed by atoms with Gasteiger partial charge in [0, 0.05) is 16.5 Å². The van der Waals surface area contributed by atoms with Crippen LogP contribution in [-0.2, 0) is 15.0 Å². The molecule has 0 spiro atoms. The topological polar surface area (TPSA) is 71.1 Å². The number of aryl methyl sites for hydroxylation is 1. The van der Waals surface area contributed by atoms with E-state index in [-0.39, 0.29) is 11.5 Å². The van der Waals surface area contributed by atoms with Crippen molar-refractivity contribution in [1.29, 1.82) is 0 Å². The summed E-state index contributed by atoms with van der Waals surface area (Å²) in [5.74, 6) is -1.35. The molecule has 6 heteroatoms. The molecule has 2 aromatic rings. The van der Waals surface area contributed by atoms with E-state index in [0.29, 0.717) is 5.69 Å². The monoisotopic (exact) mass is 345 g/mol. The molecule has 2 rings (SSSR count). The average molecular weight is 345 g/mol. The third-order valence-corrected chi connectivity index (χ3v) is 4.52. The maximum absolute atomic E-state index is 12.1. The second-order valence-corrected chi connectivity index (χ2v) is 7.73. The standard InChI is InChI=1S/C18H23N3O2S/c1-11-7-6-8-13(9-11)20-16(23)15(22)19-12(2)17-21-14(10-24-17)18(3,4)5/h6-10,12H,1-5H3,(H,19,22)(H,20,23)/t12-/m1/s1. The minimum atomic E-state index is -0.681. The Morgan fingerprint density at radius 2 is 1.92 bits per heavy atom. The number of aromatic nitrogens is 1. The number of amides is 2. The number of benzene rings is 1. The van der Waals surface area contributed by atoms with E-state index in [0.717, 1.165) is 16.3 Å². The SMILES string of the molecule is Cc1cccc(NC(=O)C(=O)N[C@H](C)c2nc(C(C)(C)C)cs2)c1. The van der Waals surface area contributed by atoms with E-state index in [9.17, 15) is 9.59 Å². The molecule has 1 atom stereocenters. The fourth-order valence-electron chi connectivity index (χ4n) is 2.07. The second-order valence-electron chi connectivity index (χ2n) is 6.84. The Balaban J connectivity index is 1.98. The van der Waals surface area contributed by atoms with Crippen LogP contribution in [0.4, 0.5) is 5.69 Å². The molecule has 0 saturated carbocycles. The minimum absolute atomic E-state index is 0.0407. The number of hydrogen-bond donors (Lipinski definition) is 2. The van der Waals surface area contributed by atoms with Crippen LogP contribution in [0.2, 0.25) is 0 Å². The molecular weight excluding hydrogens is 322 g/mol. The van der Waals surface area contributed by atoms with E-state index >= 15 is 0 Å². The van der Waals surface area contributed by atoms with E-state index in [2.05, 4.69) is 36.4 Å². The van der Waals surface area contributed by atoms with Gasteiger partial charge in [-0.25, -0.2) is 4.98 Å². The van der Waals surface area contributed by atoms with Gasteiger partial charge in [0.2, 0.25) is 0 Å². The number of anilines is 1. The van der Waals surface area contributed by atoms with Crippen molar-refractivity contribution in [2.75, 3.05) is 5.32 Å². The first-order valence-electron chi connectivity index (χ1n) is 7.81. The van der Waals surface area contributed by atoms with Gasteiger partial charge in [0.05, 0.1) is 11.7 Å². The predicted molar refractivity (Wildman–Crippen MR) is 97.2 cm³/mol. The fraction of sp³-hybridized carbons (Fsp3) is 0.389. The van der Waals surface area contributed by atoms with E-state index in [4.69, 9.17) is 0 Å². The molecule has 1 heterocycles. The molecule has 0 aliphatic heterocycles. The third kappa shape index (κ3) is 4.64. The smallest absolute Gasteiger partial charge is 0.313 e. The van der Waals surface area contributed by atoms with Gasteiger partial charge in [-0.15, -0.1) is 11.3 Å². The Bertz CT molecular complexity index is 747. The Morgan fingerprint density at radius 3 is 2.50 bits per heavy atom. The van der Waals surface area contributed by atoms with Crippen LogP contribution in [-0.4, -0.2) is 16.8 Å². The molecule has 0 aliphatic rings. The highest BCUT2D eigenvalue weighted by atomic mass is 32.1. The van der Waals surface area contributed by atoms with Crippen molar-refractivity contribution in [2.45, 2.75) is 46.1 Å². The van der Waals surface area contributed by atoms with Crippen LogP contribution >= 0.6 is 11.3 Å². The normalized spacial score (nSPS) is 12.5. The largest absolute Gasteiger partial charge is 0.339 e. The first-order chi connectivity index (χ1) is 11.2. The summed E-state index contributed by atoms with van der Waals surface area (Å²) in [6, 6.07) is 6.99. The van der Waals surface area contributed by atoms with Gasteiger partial charge in [-0.3, -0.25) is 9.59 Å². The number of carbonyl (C=O) groups excluding carboxylic acids is 2. The Hall–Kier alpha value is -2.21. The van der Waals surface area contributed by atoms with Crippen molar-refractivity contribution in [1.82, 2.24) is 10.3 Å². The van der Waals surface area contributed by atoms with E-state index < -0.39 is 11.8 Å². The van der Waals surface area contributed by atoms with Gasteiger partial charge in [-0.05, 0) is 31.5 Å². The molecule has 128 valence electrons. The Labute approximate surface area is 146 Å². The van der Waals surface area contributed by atoms with Crippen molar-refractivity contribution in [3.05, 3.63) is 45.9 Å². The number of nitrogens with zero attached hydrogens (tertiary/aromatic N) is 1. The van der Waals surface area contributed by atoms with E-state index in [1.807, 2.05) is 37.4 Å². The van der Waals surface area contributed by atoms with Crippen LogP contribution in [0, 0.1) is 6.92 Å². The van der Waals surface area contributed by atoms with E-state index in [1.165, 1.54) is 11.3 Å². The van der Waals surface area contributed by atoms with Crippen LogP contribution in [0.25, 0.3) is 0 Å². The lowest BCUT2D eigenvalue weighted by Crippen LogP contribution is -2.36. The minimum Gasteiger partial charge on any atom is -0.339 e. The highest BCUT2D eigenvalue weighted by molar-refractivity contribution is 7.09. The third-order valence-electron chi connectivity index (χ3n) is 3.49. The molecule has 1 aromatic heterocycles. The summed E-state index contributed by atoms with van der Waals surface area (Å²) in [7, 11) is 0. The lowest BCUT2D eigenvalue weighted by atomic mass is 9.93. The number of hydrogen-bond acceptors (Lipinski definition) is 4. The van der Waals surface area contributed by atoms with Gasteiger partial charge in [-0.1, -0.05) is 32.9 Å². The van der Waals surface area contributed by atoms with Crippen LogP contribution < -0.4 is 10.6 Å². The zero-order chi connectivity index (χ0) is 17.9. The van der Waals surface area contributed by atoms with Gasteiger partial charge in [0.1, 0.15) is 5.01 Å². The molecule has 0 aliphatic carbocycles. The van der Waals surface area contributed by atoms with Crippen molar-refractivity contribution in [3.8, 4) is 0 Å². The van der Waals surface area contributed by atoms with Gasteiger partial charge in [-0.2, -0.15) is 0 Å². The lowest BCUT2D eigenvalue weighted by molar-refractivity contribution is -0.136. The molecule has 0 saturated heterocycles. The molecular formula is C18H23N3O2S. The molecule has 2 amide bonds. The maximum atomic E-state index is 12.1. The first kappa shape index (κ1) is 18.1. The molecule has 1 aromatic carbocycles. The number of rotatable bonds is 3. The second kappa shape index (κ2) is 7.13. The van der Waals surface area contributed by atoms with Crippen LogP contribution in [0.1, 0.15) is 50.0 Å². The van der Waals surface area contributed by atoms with Gasteiger partial charge in [0.15, 0.2) is 0 Å². The lowest BCUT2D eigenvalue weighted by Gasteiger charge is -2.15. The fourth-order valence-corrected chi connectivity index (χ4v) is 3.12. The van der Waals surface area contributed by atoms with Gasteiger partial charge >= 0.3 is 11.8 Å².